The lowest BCUT2D eigenvalue weighted by molar-refractivity contribution is -0.116. The van der Waals surface area contributed by atoms with E-state index in [0.717, 1.165) is 11.3 Å². The molecule has 4 rings (SSSR count). The van der Waals surface area contributed by atoms with Gasteiger partial charge in [0.2, 0.25) is 5.91 Å². The van der Waals surface area contributed by atoms with Crippen LogP contribution in [0.2, 0.25) is 0 Å². The number of amidine groups is 1. The molecule has 0 N–H and O–H groups in total. The maximum atomic E-state index is 13.2. The number of para-hydroxylation sites is 1. The van der Waals surface area contributed by atoms with Crippen molar-refractivity contribution in [3.8, 4) is 0 Å². The number of rotatable bonds is 5. The van der Waals surface area contributed by atoms with Gasteiger partial charge in [0.05, 0.1) is 23.4 Å². The van der Waals surface area contributed by atoms with Crippen molar-refractivity contribution in [2.45, 2.75) is 18.6 Å². The first-order valence-corrected chi connectivity index (χ1v) is 9.84. The molecule has 1 aliphatic heterocycles. The van der Waals surface area contributed by atoms with E-state index >= 15 is 0 Å². The molecule has 0 aliphatic carbocycles. The van der Waals surface area contributed by atoms with E-state index in [4.69, 9.17) is 4.42 Å². The van der Waals surface area contributed by atoms with E-state index in [1.165, 1.54) is 23.5 Å². The van der Waals surface area contributed by atoms with Crippen molar-refractivity contribution in [3.63, 3.8) is 0 Å². The first kappa shape index (κ1) is 18.3. The molecule has 0 unspecified atom stereocenters. The zero-order valence-electron chi connectivity index (χ0n) is 15.4. The maximum Gasteiger partial charge on any atom is 0.247 e. The first-order valence-electron chi connectivity index (χ1n) is 8.96. The van der Waals surface area contributed by atoms with Gasteiger partial charge in [-0.2, -0.15) is 5.10 Å². The zero-order chi connectivity index (χ0) is 19.3. The van der Waals surface area contributed by atoms with Gasteiger partial charge in [0.25, 0.3) is 0 Å². The number of furan rings is 1. The molecule has 2 aromatic carbocycles. The second-order valence-corrected chi connectivity index (χ2v) is 7.62. The van der Waals surface area contributed by atoms with Crippen molar-refractivity contribution in [3.05, 3.63) is 89.9 Å². The van der Waals surface area contributed by atoms with Gasteiger partial charge in [-0.15, -0.1) is 5.10 Å². The Hall–Kier alpha value is -3.12. The Labute approximate surface area is 167 Å². The molecule has 6 heteroatoms. The highest BCUT2D eigenvalue weighted by molar-refractivity contribution is 8.16. The molecule has 140 valence electrons. The molecule has 1 saturated heterocycles. The number of hydrogen-bond acceptors (Lipinski definition) is 5. The van der Waals surface area contributed by atoms with E-state index in [9.17, 15) is 4.79 Å². The molecule has 1 amide bonds. The summed E-state index contributed by atoms with van der Waals surface area (Å²) in [4.78, 5) is 14.8. The molecular weight excluding hydrogens is 370 g/mol. The molecule has 3 aromatic rings. The second kappa shape index (κ2) is 8.27. The fourth-order valence-electron chi connectivity index (χ4n) is 3.03. The van der Waals surface area contributed by atoms with Gasteiger partial charge < -0.3 is 4.42 Å². The first-order chi connectivity index (χ1) is 13.7. The SMILES string of the molecule is Cc1cccc(C[C@H]2S/C(=N\N=C/c3ccco3)N(c3ccccc3)C2=O)c1. The Kier molecular flexibility index (Phi) is 5.39. The smallest absolute Gasteiger partial charge is 0.247 e. The number of carbonyl (C=O) groups is 1. The van der Waals surface area contributed by atoms with Gasteiger partial charge in [-0.1, -0.05) is 59.8 Å². The molecular formula is C22H19N3O2S. The lowest BCUT2D eigenvalue weighted by Gasteiger charge is -2.15. The topological polar surface area (TPSA) is 58.2 Å². The molecule has 0 radical (unpaired) electrons. The molecule has 0 saturated carbocycles. The predicted octanol–water partition coefficient (Wildman–Crippen LogP) is 4.67. The number of carbonyl (C=O) groups excluding carboxylic acids is 1. The summed E-state index contributed by atoms with van der Waals surface area (Å²) in [6.07, 6.45) is 3.76. The third-order valence-electron chi connectivity index (χ3n) is 4.32. The predicted molar refractivity (Wildman–Crippen MR) is 114 cm³/mol. The minimum absolute atomic E-state index is 0.0182. The van der Waals surface area contributed by atoms with Crippen LogP contribution >= 0.6 is 11.8 Å². The third-order valence-corrected chi connectivity index (χ3v) is 5.45. The lowest BCUT2D eigenvalue weighted by Crippen LogP contribution is -2.32. The number of aryl methyl sites for hydroxylation is 1. The monoisotopic (exact) mass is 389 g/mol. The van der Waals surface area contributed by atoms with Crippen LogP contribution in [0.5, 0.6) is 0 Å². The summed E-state index contributed by atoms with van der Waals surface area (Å²) in [5.74, 6) is 0.630. The number of benzene rings is 2. The molecule has 1 fully saturated rings. The molecule has 1 aliphatic rings. The van der Waals surface area contributed by atoms with Gasteiger partial charge in [0, 0.05) is 0 Å². The van der Waals surface area contributed by atoms with Gasteiger partial charge in [-0.25, -0.2) is 0 Å². The molecule has 5 nitrogen and oxygen atoms in total. The van der Waals surface area contributed by atoms with Crippen LogP contribution in [-0.4, -0.2) is 22.5 Å². The minimum atomic E-state index is -0.237. The van der Waals surface area contributed by atoms with Gasteiger partial charge in [0.15, 0.2) is 5.17 Å². The average Bonchev–Trinajstić information content (AvgIpc) is 3.31. The molecule has 0 bridgehead atoms. The Morgan fingerprint density at radius 1 is 1.11 bits per heavy atom. The zero-order valence-corrected chi connectivity index (χ0v) is 16.2. The van der Waals surface area contributed by atoms with Crippen molar-refractivity contribution in [1.29, 1.82) is 0 Å². The molecule has 0 spiro atoms. The van der Waals surface area contributed by atoms with Crippen LogP contribution in [0, 0.1) is 6.92 Å². The molecule has 2 heterocycles. The van der Waals surface area contributed by atoms with Crippen molar-refractivity contribution >= 4 is 34.7 Å². The van der Waals surface area contributed by atoms with Gasteiger partial charge >= 0.3 is 0 Å². The maximum absolute atomic E-state index is 13.2. The summed E-state index contributed by atoms with van der Waals surface area (Å²) >= 11 is 1.44. The van der Waals surface area contributed by atoms with Crippen molar-refractivity contribution in [1.82, 2.24) is 0 Å². The van der Waals surface area contributed by atoms with Crippen LogP contribution in [0.25, 0.3) is 0 Å². The van der Waals surface area contributed by atoms with Crippen molar-refractivity contribution in [2.75, 3.05) is 4.90 Å². The van der Waals surface area contributed by atoms with E-state index in [2.05, 4.69) is 35.3 Å². The Balaban J connectivity index is 1.61. The van der Waals surface area contributed by atoms with E-state index in [1.54, 1.807) is 23.3 Å². The number of nitrogens with zero attached hydrogens (tertiary/aromatic N) is 3. The largest absolute Gasteiger partial charge is 0.463 e. The van der Waals surface area contributed by atoms with Crippen LogP contribution < -0.4 is 4.90 Å². The van der Waals surface area contributed by atoms with Crippen LogP contribution in [0.15, 0.2) is 87.6 Å². The van der Waals surface area contributed by atoms with Gasteiger partial charge in [-0.3, -0.25) is 9.69 Å². The fourth-order valence-corrected chi connectivity index (χ4v) is 4.17. The number of hydrogen-bond donors (Lipinski definition) is 0. The fraction of sp³-hybridized carbons (Fsp3) is 0.136. The molecule has 1 atom stereocenters. The Bertz CT molecular complexity index is 1010. The highest BCUT2D eigenvalue weighted by Gasteiger charge is 2.39. The van der Waals surface area contributed by atoms with E-state index in [0.29, 0.717) is 17.3 Å². The average molecular weight is 389 g/mol. The summed E-state index contributed by atoms with van der Waals surface area (Å²) < 4.78 is 5.24. The second-order valence-electron chi connectivity index (χ2n) is 6.45. The number of anilines is 1. The summed E-state index contributed by atoms with van der Waals surface area (Å²) in [5.41, 5.74) is 3.11. The lowest BCUT2D eigenvalue weighted by atomic mass is 10.1. The highest BCUT2D eigenvalue weighted by atomic mass is 32.2. The van der Waals surface area contributed by atoms with Crippen molar-refractivity contribution < 1.29 is 9.21 Å². The summed E-state index contributed by atoms with van der Waals surface area (Å²) in [7, 11) is 0. The molecule has 1 aromatic heterocycles. The quantitative estimate of drug-likeness (QED) is 0.471. The number of amides is 1. The summed E-state index contributed by atoms with van der Waals surface area (Å²) in [6.45, 7) is 2.06. The molecule has 28 heavy (non-hydrogen) atoms. The third kappa shape index (κ3) is 4.07. The normalized spacial score (nSPS) is 18.5. The number of thioether (sulfide) groups is 1. The highest BCUT2D eigenvalue weighted by Crippen LogP contribution is 2.34. The van der Waals surface area contributed by atoms with Crippen LogP contribution in [0.4, 0.5) is 5.69 Å². The van der Waals surface area contributed by atoms with E-state index in [-0.39, 0.29) is 11.2 Å². The van der Waals surface area contributed by atoms with Crippen LogP contribution in [0.1, 0.15) is 16.9 Å². The summed E-state index contributed by atoms with van der Waals surface area (Å²) in [6, 6.07) is 21.4. The van der Waals surface area contributed by atoms with Gasteiger partial charge in [-0.05, 0) is 43.2 Å². The van der Waals surface area contributed by atoms with Crippen LogP contribution in [-0.2, 0) is 11.2 Å². The van der Waals surface area contributed by atoms with Crippen molar-refractivity contribution in [2.24, 2.45) is 10.2 Å². The van der Waals surface area contributed by atoms with Gasteiger partial charge in [0.1, 0.15) is 5.76 Å². The van der Waals surface area contributed by atoms with E-state index < -0.39 is 0 Å². The van der Waals surface area contributed by atoms with Crippen LogP contribution in [0.3, 0.4) is 0 Å². The Morgan fingerprint density at radius 2 is 1.96 bits per heavy atom. The van der Waals surface area contributed by atoms with E-state index in [1.807, 2.05) is 36.4 Å². The minimum Gasteiger partial charge on any atom is -0.463 e. The summed E-state index contributed by atoms with van der Waals surface area (Å²) in [5, 5.41) is 8.76. The Morgan fingerprint density at radius 3 is 2.71 bits per heavy atom. The standard InChI is InChI=1S/C22H19N3O2S/c1-16-7-5-8-17(13-16)14-20-21(26)25(18-9-3-2-4-10-18)22(28-20)24-23-15-19-11-6-12-27-19/h2-13,15,20H,14H2,1H3/b23-15-,24-22-/t20-/m1/s1.